The first-order valence-electron chi connectivity index (χ1n) is 5.96. The zero-order valence-electron chi connectivity index (χ0n) is 10.3. The van der Waals surface area contributed by atoms with Crippen LogP contribution in [-0.2, 0) is 11.3 Å². The van der Waals surface area contributed by atoms with Gasteiger partial charge in [0, 0.05) is 11.5 Å². The Morgan fingerprint density at radius 3 is 3.00 bits per heavy atom. The van der Waals surface area contributed by atoms with Gasteiger partial charge in [0.05, 0.1) is 12.6 Å². The summed E-state index contributed by atoms with van der Waals surface area (Å²) >= 11 is 0. The molecule has 0 radical (unpaired) electrons. The third-order valence-corrected chi connectivity index (χ3v) is 2.83. The van der Waals surface area contributed by atoms with Crippen LogP contribution < -0.4 is 0 Å². The molecule has 1 aliphatic heterocycles. The normalized spacial score (nSPS) is 17.1. The number of hydrogen-bond donors (Lipinski definition) is 0. The van der Waals surface area contributed by atoms with E-state index in [4.69, 9.17) is 10.3 Å². The van der Waals surface area contributed by atoms with Crippen LogP contribution in [0, 0.1) is 0 Å². The maximum atomic E-state index is 11.9. The molecule has 19 heavy (non-hydrogen) atoms. The van der Waals surface area contributed by atoms with Crippen molar-refractivity contribution in [3.8, 4) is 0 Å². The number of rotatable bonds is 4. The maximum absolute atomic E-state index is 11.9. The predicted molar refractivity (Wildman–Crippen MR) is 70.3 cm³/mol. The molecule has 1 aliphatic rings. The van der Waals surface area contributed by atoms with Crippen molar-refractivity contribution in [1.29, 1.82) is 0 Å². The van der Waals surface area contributed by atoms with Crippen LogP contribution in [0.2, 0.25) is 0 Å². The molecular weight excluding hydrogens is 244 g/mol. The molecule has 0 N–H and O–H groups in total. The SMILES string of the molecule is [N-]=[N+]=NCC1C=CCN1C(=O)OCc1ccccc1. The van der Waals surface area contributed by atoms with Crippen LogP contribution in [0.15, 0.2) is 47.6 Å². The Morgan fingerprint density at radius 1 is 1.47 bits per heavy atom. The van der Waals surface area contributed by atoms with Gasteiger partial charge in [-0.1, -0.05) is 47.6 Å². The number of carbonyl (C=O) groups is 1. The standard InChI is InChI=1S/C13H14N4O2/c14-16-15-9-12-7-4-8-17(12)13(18)19-10-11-5-2-1-3-6-11/h1-7,12H,8-10H2. The summed E-state index contributed by atoms with van der Waals surface area (Å²) in [6.45, 7) is 0.955. The predicted octanol–water partition coefficient (Wildman–Crippen LogP) is 2.87. The molecule has 0 bridgehead atoms. The molecule has 0 saturated carbocycles. The summed E-state index contributed by atoms with van der Waals surface area (Å²) in [4.78, 5) is 16.2. The van der Waals surface area contributed by atoms with Gasteiger partial charge in [0.2, 0.25) is 0 Å². The summed E-state index contributed by atoms with van der Waals surface area (Å²) in [6.07, 6.45) is 3.31. The minimum absolute atomic E-state index is 0.209. The lowest BCUT2D eigenvalue weighted by Crippen LogP contribution is -2.38. The lowest BCUT2D eigenvalue weighted by Gasteiger charge is -2.22. The first-order chi connectivity index (χ1) is 9.31. The molecule has 1 amide bonds. The van der Waals surface area contributed by atoms with Crippen LogP contribution in [0.25, 0.3) is 10.4 Å². The van der Waals surface area contributed by atoms with E-state index in [1.807, 2.05) is 42.5 Å². The molecule has 0 aliphatic carbocycles. The minimum Gasteiger partial charge on any atom is -0.445 e. The molecule has 2 rings (SSSR count). The van der Waals surface area contributed by atoms with Crippen LogP contribution in [-0.4, -0.2) is 30.1 Å². The van der Waals surface area contributed by atoms with Crippen LogP contribution in [0.3, 0.4) is 0 Å². The Morgan fingerprint density at radius 2 is 2.26 bits per heavy atom. The van der Waals surface area contributed by atoms with E-state index in [2.05, 4.69) is 10.0 Å². The summed E-state index contributed by atoms with van der Waals surface area (Å²) in [5.74, 6) is 0. The lowest BCUT2D eigenvalue weighted by atomic mass is 10.2. The van der Waals surface area contributed by atoms with Gasteiger partial charge in [-0.3, -0.25) is 4.90 Å². The molecule has 1 aromatic rings. The molecule has 0 saturated heterocycles. The molecule has 0 fully saturated rings. The summed E-state index contributed by atoms with van der Waals surface area (Å²) in [5.41, 5.74) is 9.24. The zero-order valence-corrected chi connectivity index (χ0v) is 10.3. The Labute approximate surface area is 110 Å². The topological polar surface area (TPSA) is 78.3 Å². The molecule has 0 aromatic heterocycles. The fourth-order valence-corrected chi connectivity index (χ4v) is 1.86. The molecule has 0 spiro atoms. The molecular formula is C13H14N4O2. The van der Waals surface area contributed by atoms with Crippen molar-refractivity contribution >= 4 is 6.09 Å². The summed E-state index contributed by atoms with van der Waals surface area (Å²) in [5, 5.41) is 3.48. The first-order valence-corrected chi connectivity index (χ1v) is 5.96. The van der Waals surface area contributed by atoms with Crippen LogP contribution in [0.4, 0.5) is 4.79 Å². The van der Waals surface area contributed by atoms with Crippen LogP contribution >= 0.6 is 0 Å². The second kappa shape index (κ2) is 6.47. The highest BCUT2D eigenvalue weighted by Gasteiger charge is 2.25. The Hall–Kier alpha value is -2.46. The molecule has 6 nitrogen and oxygen atoms in total. The second-order valence-corrected chi connectivity index (χ2v) is 4.10. The summed E-state index contributed by atoms with van der Waals surface area (Å²) in [7, 11) is 0. The van der Waals surface area contributed by atoms with Gasteiger partial charge < -0.3 is 4.74 Å². The van der Waals surface area contributed by atoms with Crippen molar-refractivity contribution in [2.45, 2.75) is 12.6 Å². The molecule has 6 heteroatoms. The van der Waals surface area contributed by atoms with E-state index < -0.39 is 6.09 Å². The number of benzene rings is 1. The van der Waals surface area contributed by atoms with E-state index in [1.54, 1.807) is 0 Å². The minimum atomic E-state index is -0.396. The Kier molecular flexibility index (Phi) is 4.42. The zero-order chi connectivity index (χ0) is 13.5. The van der Waals surface area contributed by atoms with Crippen LogP contribution in [0.1, 0.15) is 5.56 Å². The van der Waals surface area contributed by atoms with E-state index in [1.165, 1.54) is 4.90 Å². The maximum Gasteiger partial charge on any atom is 0.410 e. The highest BCUT2D eigenvalue weighted by atomic mass is 16.6. The molecule has 1 aromatic carbocycles. The highest BCUT2D eigenvalue weighted by molar-refractivity contribution is 5.69. The van der Waals surface area contributed by atoms with E-state index in [-0.39, 0.29) is 19.2 Å². The van der Waals surface area contributed by atoms with Gasteiger partial charge in [-0.15, -0.1) is 0 Å². The summed E-state index contributed by atoms with van der Waals surface area (Å²) < 4.78 is 5.23. The van der Waals surface area contributed by atoms with Crippen LogP contribution in [0.5, 0.6) is 0 Å². The van der Waals surface area contributed by atoms with E-state index in [0.29, 0.717) is 6.54 Å². The smallest absolute Gasteiger partial charge is 0.410 e. The monoisotopic (exact) mass is 258 g/mol. The molecule has 1 atom stereocenters. The average Bonchev–Trinajstić information content (AvgIpc) is 2.92. The third-order valence-electron chi connectivity index (χ3n) is 2.83. The van der Waals surface area contributed by atoms with Crippen molar-refractivity contribution in [2.24, 2.45) is 5.11 Å². The largest absolute Gasteiger partial charge is 0.445 e. The number of nitrogens with zero attached hydrogens (tertiary/aromatic N) is 4. The molecule has 98 valence electrons. The second-order valence-electron chi connectivity index (χ2n) is 4.10. The third kappa shape index (κ3) is 3.50. The van der Waals surface area contributed by atoms with Gasteiger partial charge in [0.15, 0.2) is 0 Å². The van der Waals surface area contributed by atoms with Gasteiger partial charge in [-0.05, 0) is 11.1 Å². The Bertz CT molecular complexity index is 509. The van der Waals surface area contributed by atoms with Gasteiger partial charge in [0.1, 0.15) is 6.61 Å². The van der Waals surface area contributed by atoms with E-state index in [0.717, 1.165) is 5.56 Å². The van der Waals surface area contributed by atoms with E-state index >= 15 is 0 Å². The van der Waals surface area contributed by atoms with Gasteiger partial charge in [0.25, 0.3) is 0 Å². The lowest BCUT2D eigenvalue weighted by molar-refractivity contribution is 0.0959. The first kappa shape index (κ1) is 13.0. The molecule has 1 unspecified atom stereocenters. The van der Waals surface area contributed by atoms with E-state index in [9.17, 15) is 4.79 Å². The number of azide groups is 1. The van der Waals surface area contributed by atoms with Crippen molar-refractivity contribution < 1.29 is 9.53 Å². The molecule has 1 heterocycles. The van der Waals surface area contributed by atoms with Gasteiger partial charge in [-0.25, -0.2) is 4.79 Å². The fraction of sp³-hybridized carbons (Fsp3) is 0.308. The van der Waals surface area contributed by atoms with Crippen molar-refractivity contribution in [3.05, 3.63) is 58.5 Å². The number of ether oxygens (including phenoxy) is 1. The summed E-state index contributed by atoms with van der Waals surface area (Å²) in [6, 6.07) is 9.28. The Balaban J connectivity index is 1.87. The van der Waals surface area contributed by atoms with Crippen molar-refractivity contribution in [1.82, 2.24) is 4.90 Å². The van der Waals surface area contributed by atoms with Crippen molar-refractivity contribution in [2.75, 3.05) is 13.1 Å². The van der Waals surface area contributed by atoms with Crippen molar-refractivity contribution in [3.63, 3.8) is 0 Å². The average molecular weight is 258 g/mol. The number of hydrogen-bond acceptors (Lipinski definition) is 3. The highest BCUT2D eigenvalue weighted by Crippen LogP contribution is 2.13. The fourth-order valence-electron chi connectivity index (χ4n) is 1.86. The van der Waals surface area contributed by atoms with Gasteiger partial charge in [-0.2, -0.15) is 0 Å². The van der Waals surface area contributed by atoms with Gasteiger partial charge >= 0.3 is 6.09 Å². The number of amides is 1. The number of carbonyl (C=O) groups excluding carboxylic acids is 1. The quantitative estimate of drug-likeness (QED) is 0.360.